The average molecular weight is 467 g/mol. The van der Waals surface area contributed by atoms with Crippen molar-refractivity contribution in [1.82, 2.24) is 4.90 Å². The molecule has 1 aliphatic carbocycles. The first-order valence-corrected chi connectivity index (χ1v) is 11.7. The lowest BCUT2D eigenvalue weighted by Crippen LogP contribution is -2.36. The van der Waals surface area contributed by atoms with Gasteiger partial charge in [0.1, 0.15) is 5.75 Å². The van der Waals surface area contributed by atoms with Crippen molar-refractivity contribution < 1.29 is 23.0 Å². The Kier molecular flexibility index (Phi) is 6.93. The van der Waals surface area contributed by atoms with Gasteiger partial charge >= 0.3 is 5.51 Å². The Morgan fingerprint density at radius 3 is 2.47 bits per heavy atom. The summed E-state index contributed by atoms with van der Waals surface area (Å²) < 4.78 is 43.2. The van der Waals surface area contributed by atoms with Crippen LogP contribution in [0.1, 0.15) is 35.6 Å². The van der Waals surface area contributed by atoms with Gasteiger partial charge in [0.2, 0.25) is 0 Å². The Balaban J connectivity index is 1.45. The molecule has 2 N–H and O–H groups in total. The van der Waals surface area contributed by atoms with Crippen LogP contribution in [0.15, 0.2) is 41.3 Å². The zero-order chi connectivity index (χ0) is 22.9. The van der Waals surface area contributed by atoms with Gasteiger partial charge in [-0.15, -0.1) is 0 Å². The van der Waals surface area contributed by atoms with Gasteiger partial charge in [-0.1, -0.05) is 12.1 Å². The second kappa shape index (κ2) is 9.53. The molecule has 0 saturated carbocycles. The van der Waals surface area contributed by atoms with Crippen molar-refractivity contribution in [3.8, 4) is 5.75 Å². The summed E-state index contributed by atoms with van der Waals surface area (Å²) >= 11 is -0.110. The standard InChI is InChI=1S/C24H29F3N2O2S/c1-29-9-7-18(8-10-29)28-21-13-16-12-17(23(30)20(16)14-22(21)31-2)11-15-3-5-19(6-4-15)32-24(25,26)27/h3-6,13-14,17-18,23,28,30H,7-12H2,1-2H3. The number of piperidine rings is 1. The minimum absolute atomic E-state index is 0.0191. The van der Waals surface area contributed by atoms with Crippen molar-refractivity contribution in [3.05, 3.63) is 53.1 Å². The normalized spacial score (nSPS) is 22.1. The molecule has 0 spiro atoms. The van der Waals surface area contributed by atoms with Crippen molar-refractivity contribution >= 4 is 17.4 Å². The summed E-state index contributed by atoms with van der Waals surface area (Å²) in [5.41, 5.74) is -0.427. The van der Waals surface area contributed by atoms with Crippen molar-refractivity contribution in [3.63, 3.8) is 0 Å². The number of thioether (sulfide) groups is 1. The first kappa shape index (κ1) is 23.3. The maximum Gasteiger partial charge on any atom is 0.446 e. The van der Waals surface area contributed by atoms with E-state index in [4.69, 9.17) is 4.74 Å². The van der Waals surface area contributed by atoms with Gasteiger partial charge in [0, 0.05) is 10.9 Å². The van der Waals surface area contributed by atoms with Gasteiger partial charge < -0.3 is 20.1 Å². The quantitative estimate of drug-likeness (QED) is 0.569. The minimum Gasteiger partial charge on any atom is -0.495 e. The van der Waals surface area contributed by atoms with Crippen LogP contribution in [0.5, 0.6) is 5.75 Å². The molecular formula is C24H29F3N2O2S. The second-order valence-corrected chi connectivity index (χ2v) is 9.92. The number of hydrogen-bond acceptors (Lipinski definition) is 5. The molecule has 0 amide bonds. The summed E-state index contributed by atoms with van der Waals surface area (Å²) in [6.07, 6.45) is 2.85. The zero-order valence-electron chi connectivity index (χ0n) is 18.3. The van der Waals surface area contributed by atoms with E-state index in [9.17, 15) is 18.3 Å². The molecule has 32 heavy (non-hydrogen) atoms. The largest absolute Gasteiger partial charge is 0.495 e. The molecule has 2 aromatic carbocycles. The molecule has 1 fully saturated rings. The van der Waals surface area contributed by atoms with Crippen LogP contribution in [-0.2, 0) is 12.8 Å². The van der Waals surface area contributed by atoms with Crippen LogP contribution in [-0.4, -0.2) is 48.8 Å². The summed E-state index contributed by atoms with van der Waals surface area (Å²) in [6, 6.07) is 10.9. The molecule has 174 valence electrons. The van der Waals surface area contributed by atoms with Gasteiger partial charge in [0.05, 0.1) is 18.9 Å². The lowest BCUT2D eigenvalue weighted by atomic mass is 9.95. The molecule has 1 saturated heterocycles. The number of aliphatic hydroxyl groups excluding tert-OH is 1. The Labute approximate surface area is 191 Å². The van der Waals surface area contributed by atoms with E-state index in [0.29, 0.717) is 12.5 Å². The zero-order valence-corrected chi connectivity index (χ0v) is 19.1. The number of fused-ring (bicyclic) bond motifs is 1. The first-order chi connectivity index (χ1) is 15.2. The third-order valence-corrected chi connectivity index (χ3v) is 7.18. The van der Waals surface area contributed by atoms with Crippen LogP contribution in [0.25, 0.3) is 0 Å². The Morgan fingerprint density at radius 1 is 1.16 bits per heavy atom. The first-order valence-electron chi connectivity index (χ1n) is 10.9. The van der Waals surface area contributed by atoms with Crippen LogP contribution in [0.3, 0.4) is 0 Å². The molecule has 0 aromatic heterocycles. The van der Waals surface area contributed by atoms with Crippen LogP contribution in [0, 0.1) is 5.92 Å². The van der Waals surface area contributed by atoms with Crippen molar-refractivity contribution in [2.24, 2.45) is 5.92 Å². The second-order valence-electron chi connectivity index (χ2n) is 8.78. The van der Waals surface area contributed by atoms with Gasteiger partial charge in [-0.2, -0.15) is 13.2 Å². The number of benzene rings is 2. The number of nitrogens with zero attached hydrogens (tertiary/aromatic N) is 1. The van der Waals surface area contributed by atoms with Crippen LogP contribution >= 0.6 is 11.8 Å². The molecule has 1 heterocycles. The van der Waals surface area contributed by atoms with Gasteiger partial charge in [0.25, 0.3) is 0 Å². The molecule has 2 atom stereocenters. The van der Waals surface area contributed by atoms with Gasteiger partial charge in [-0.3, -0.25) is 0 Å². The molecule has 2 aromatic rings. The molecular weight excluding hydrogens is 437 g/mol. The number of alkyl halides is 3. The highest BCUT2D eigenvalue weighted by Gasteiger charge is 2.33. The molecule has 8 heteroatoms. The number of halogens is 3. The van der Waals surface area contributed by atoms with E-state index in [-0.39, 0.29) is 22.6 Å². The summed E-state index contributed by atoms with van der Waals surface area (Å²) in [5.74, 6) is 0.713. The molecule has 0 radical (unpaired) electrons. The fraction of sp³-hybridized carbons (Fsp3) is 0.500. The van der Waals surface area contributed by atoms with Gasteiger partial charge in [-0.05, 0) is 104 Å². The number of ether oxygens (including phenoxy) is 1. The van der Waals surface area contributed by atoms with Gasteiger partial charge in [0.15, 0.2) is 0 Å². The number of anilines is 1. The van der Waals surface area contributed by atoms with Crippen molar-refractivity contribution in [2.75, 3.05) is 32.6 Å². The molecule has 2 unspecified atom stereocenters. The fourth-order valence-corrected chi connectivity index (χ4v) is 5.25. The monoisotopic (exact) mass is 466 g/mol. The van der Waals surface area contributed by atoms with Gasteiger partial charge in [-0.25, -0.2) is 0 Å². The maximum absolute atomic E-state index is 12.5. The topological polar surface area (TPSA) is 44.7 Å². The summed E-state index contributed by atoms with van der Waals surface area (Å²) in [6.45, 7) is 2.12. The number of aliphatic hydroxyl groups is 1. The molecule has 4 nitrogen and oxygen atoms in total. The fourth-order valence-electron chi connectivity index (χ4n) is 4.71. The van der Waals surface area contributed by atoms with Crippen LogP contribution < -0.4 is 10.1 Å². The highest BCUT2D eigenvalue weighted by Crippen LogP contribution is 2.43. The van der Waals surface area contributed by atoms with E-state index in [2.05, 4.69) is 23.3 Å². The number of likely N-dealkylation sites (tertiary alicyclic amines) is 1. The average Bonchev–Trinajstić information content (AvgIpc) is 3.04. The van der Waals surface area contributed by atoms with Crippen molar-refractivity contribution in [2.45, 2.75) is 48.2 Å². The number of nitrogens with one attached hydrogen (secondary N) is 1. The highest BCUT2D eigenvalue weighted by atomic mass is 32.2. The number of hydrogen-bond donors (Lipinski definition) is 2. The predicted octanol–water partition coefficient (Wildman–Crippen LogP) is 5.26. The number of rotatable bonds is 6. The highest BCUT2D eigenvalue weighted by molar-refractivity contribution is 8.00. The number of methoxy groups -OCH3 is 1. The third kappa shape index (κ3) is 5.53. The smallest absolute Gasteiger partial charge is 0.446 e. The van der Waals surface area contributed by atoms with Crippen molar-refractivity contribution in [1.29, 1.82) is 0 Å². The van der Waals surface area contributed by atoms with E-state index in [0.717, 1.165) is 60.5 Å². The summed E-state index contributed by atoms with van der Waals surface area (Å²) in [5, 5.41) is 14.6. The molecule has 0 bridgehead atoms. The summed E-state index contributed by atoms with van der Waals surface area (Å²) in [7, 11) is 3.78. The lowest BCUT2D eigenvalue weighted by molar-refractivity contribution is -0.0328. The summed E-state index contributed by atoms with van der Waals surface area (Å²) in [4.78, 5) is 2.50. The molecule has 1 aliphatic heterocycles. The Hall–Kier alpha value is -1.90. The van der Waals surface area contributed by atoms with E-state index in [1.54, 1.807) is 19.2 Å². The Morgan fingerprint density at radius 2 is 1.84 bits per heavy atom. The Bertz CT molecular complexity index is 928. The predicted molar refractivity (Wildman–Crippen MR) is 121 cm³/mol. The third-order valence-electron chi connectivity index (χ3n) is 6.44. The molecule has 2 aliphatic rings. The SMILES string of the molecule is COc1cc2c(cc1NC1CCN(C)CC1)CC(Cc1ccc(SC(F)(F)F)cc1)C2O. The van der Waals surface area contributed by atoms with E-state index in [1.807, 2.05) is 6.07 Å². The molecule has 4 rings (SSSR count). The van der Waals surface area contributed by atoms with Crippen LogP contribution in [0.2, 0.25) is 0 Å². The van der Waals surface area contributed by atoms with E-state index < -0.39 is 11.6 Å². The lowest BCUT2D eigenvalue weighted by Gasteiger charge is -2.30. The minimum atomic E-state index is -4.29. The van der Waals surface area contributed by atoms with Crippen LogP contribution in [0.4, 0.5) is 18.9 Å². The van der Waals surface area contributed by atoms with E-state index >= 15 is 0 Å². The maximum atomic E-state index is 12.5. The van der Waals surface area contributed by atoms with E-state index in [1.165, 1.54) is 12.1 Å².